The van der Waals surface area contributed by atoms with Crippen molar-refractivity contribution in [3.63, 3.8) is 0 Å². The van der Waals surface area contributed by atoms with Gasteiger partial charge >= 0.3 is 5.97 Å². The van der Waals surface area contributed by atoms with E-state index in [1.54, 1.807) is 24.5 Å². The van der Waals surface area contributed by atoms with Gasteiger partial charge in [0, 0.05) is 6.20 Å². The molecule has 0 radical (unpaired) electrons. The van der Waals surface area contributed by atoms with Crippen LogP contribution in [-0.2, 0) is 6.61 Å². The zero-order valence-corrected chi connectivity index (χ0v) is 8.98. The Morgan fingerprint density at radius 3 is 3.06 bits per heavy atom. The standard InChI is InChI=1S/C10H8N2O3S/c13-10(14)9-4-7(12-16-9)6-15-8-2-1-3-11-5-8/h1-5H,6H2,(H,13,14). The van der Waals surface area contributed by atoms with Gasteiger partial charge in [0.15, 0.2) is 0 Å². The summed E-state index contributed by atoms with van der Waals surface area (Å²) in [6.45, 7) is 0.246. The minimum absolute atomic E-state index is 0.213. The number of hydrogen-bond donors (Lipinski definition) is 1. The van der Waals surface area contributed by atoms with Crippen LogP contribution in [-0.4, -0.2) is 20.4 Å². The first-order chi connectivity index (χ1) is 7.75. The average Bonchev–Trinajstić information content (AvgIpc) is 2.76. The van der Waals surface area contributed by atoms with E-state index in [0.717, 1.165) is 11.5 Å². The fourth-order valence-electron chi connectivity index (χ4n) is 1.07. The summed E-state index contributed by atoms with van der Waals surface area (Å²) in [7, 11) is 0. The molecule has 0 aliphatic heterocycles. The van der Waals surface area contributed by atoms with E-state index in [1.165, 1.54) is 6.07 Å². The van der Waals surface area contributed by atoms with E-state index in [9.17, 15) is 4.79 Å². The van der Waals surface area contributed by atoms with Gasteiger partial charge in [-0.1, -0.05) is 0 Å². The second-order valence-electron chi connectivity index (χ2n) is 2.97. The lowest BCUT2D eigenvalue weighted by molar-refractivity contribution is 0.0702. The number of aromatic nitrogens is 2. The first-order valence-corrected chi connectivity index (χ1v) is 5.25. The molecule has 0 fully saturated rings. The molecule has 2 aromatic heterocycles. The summed E-state index contributed by atoms with van der Waals surface area (Å²) in [5, 5.41) is 8.70. The second-order valence-corrected chi connectivity index (χ2v) is 3.77. The molecule has 0 aromatic carbocycles. The molecular formula is C10H8N2O3S. The normalized spacial score (nSPS) is 10.0. The summed E-state index contributed by atoms with van der Waals surface area (Å²) < 4.78 is 9.34. The summed E-state index contributed by atoms with van der Waals surface area (Å²) in [5.41, 5.74) is 0.603. The van der Waals surface area contributed by atoms with Crippen LogP contribution in [0.4, 0.5) is 0 Å². The Labute approximate surface area is 95.5 Å². The van der Waals surface area contributed by atoms with Gasteiger partial charge in [-0.3, -0.25) is 4.98 Å². The molecule has 0 amide bonds. The number of rotatable bonds is 4. The summed E-state index contributed by atoms with van der Waals surface area (Å²) in [5.74, 6) is -0.336. The van der Waals surface area contributed by atoms with Crippen molar-refractivity contribution in [2.75, 3.05) is 0 Å². The molecule has 0 atom stereocenters. The highest BCUT2D eigenvalue weighted by molar-refractivity contribution is 7.08. The van der Waals surface area contributed by atoms with E-state index < -0.39 is 5.97 Å². The van der Waals surface area contributed by atoms with E-state index in [2.05, 4.69) is 9.36 Å². The predicted molar refractivity (Wildman–Crippen MR) is 57.6 cm³/mol. The fraction of sp³-hybridized carbons (Fsp3) is 0.100. The summed E-state index contributed by atoms with van der Waals surface area (Å²) in [6.07, 6.45) is 3.24. The number of carboxylic acids is 1. The molecule has 16 heavy (non-hydrogen) atoms. The van der Waals surface area contributed by atoms with Gasteiger partial charge < -0.3 is 9.84 Å². The van der Waals surface area contributed by atoms with Crippen LogP contribution < -0.4 is 4.74 Å². The molecule has 0 aliphatic carbocycles. The van der Waals surface area contributed by atoms with Crippen LogP contribution in [0.1, 0.15) is 15.4 Å². The maximum atomic E-state index is 10.6. The van der Waals surface area contributed by atoms with Crippen molar-refractivity contribution < 1.29 is 14.6 Å². The monoisotopic (exact) mass is 236 g/mol. The Morgan fingerprint density at radius 2 is 2.44 bits per heavy atom. The number of carboxylic acid groups (broad SMARTS) is 1. The SMILES string of the molecule is O=C(O)c1cc(COc2cccnc2)ns1. The lowest BCUT2D eigenvalue weighted by Crippen LogP contribution is -1.96. The van der Waals surface area contributed by atoms with Crippen LogP contribution in [0.15, 0.2) is 30.6 Å². The van der Waals surface area contributed by atoms with Gasteiger partial charge in [0.1, 0.15) is 17.2 Å². The Morgan fingerprint density at radius 1 is 1.56 bits per heavy atom. The van der Waals surface area contributed by atoms with Gasteiger partial charge in [-0.25, -0.2) is 4.79 Å². The van der Waals surface area contributed by atoms with Crippen molar-refractivity contribution >= 4 is 17.5 Å². The Balaban J connectivity index is 1.97. The molecule has 1 N–H and O–H groups in total. The lowest BCUT2D eigenvalue weighted by atomic mass is 10.4. The highest BCUT2D eigenvalue weighted by Gasteiger charge is 2.08. The quantitative estimate of drug-likeness (QED) is 0.876. The molecule has 0 saturated heterocycles. The predicted octanol–water partition coefficient (Wildman–Crippen LogP) is 1.82. The number of aromatic carboxylic acids is 1. The van der Waals surface area contributed by atoms with Crippen LogP contribution in [0.3, 0.4) is 0 Å². The maximum absolute atomic E-state index is 10.6. The topological polar surface area (TPSA) is 72.3 Å². The molecule has 2 aromatic rings. The third-order valence-electron chi connectivity index (χ3n) is 1.79. The number of hydrogen-bond acceptors (Lipinski definition) is 5. The van der Waals surface area contributed by atoms with Gasteiger partial charge in [-0.15, -0.1) is 0 Å². The van der Waals surface area contributed by atoms with Crippen LogP contribution in [0.2, 0.25) is 0 Å². The second kappa shape index (κ2) is 4.71. The highest BCUT2D eigenvalue weighted by atomic mass is 32.1. The van der Waals surface area contributed by atoms with Crippen LogP contribution >= 0.6 is 11.5 Å². The number of carbonyl (C=O) groups is 1. The maximum Gasteiger partial charge on any atom is 0.347 e. The van der Waals surface area contributed by atoms with Gasteiger partial charge in [0.05, 0.1) is 11.9 Å². The van der Waals surface area contributed by atoms with Crippen molar-refractivity contribution in [3.8, 4) is 5.75 Å². The Kier molecular flexibility index (Phi) is 3.11. The van der Waals surface area contributed by atoms with E-state index in [-0.39, 0.29) is 11.5 Å². The van der Waals surface area contributed by atoms with Crippen molar-refractivity contribution in [2.24, 2.45) is 0 Å². The summed E-state index contributed by atoms with van der Waals surface area (Å²) >= 11 is 0.948. The van der Waals surface area contributed by atoms with E-state index in [4.69, 9.17) is 9.84 Å². The van der Waals surface area contributed by atoms with E-state index >= 15 is 0 Å². The third kappa shape index (κ3) is 2.54. The molecule has 82 valence electrons. The van der Waals surface area contributed by atoms with Crippen LogP contribution in [0, 0.1) is 0 Å². The number of pyridine rings is 1. The van der Waals surface area contributed by atoms with Gasteiger partial charge in [0.2, 0.25) is 0 Å². The molecule has 2 rings (SSSR count). The summed E-state index contributed by atoms with van der Waals surface area (Å²) in [4.78, 5) is 14.7. The van der Waals surface area contributed by atoms with Gasteiger partial charge in [0.25, 0.3) is 0 Å². The minimum Gasteiger partial charge on any atom is -0.486 e. The molecule has 2 heterocycles. The van der Waals surface area contributed by atoms with Crippen molar-refractivity contribution in [1.29, 1.82) is 0 Å². The van der Waals surface area contributed by atoms with Gasteiger partial charge in [-0.05, 0) is 29.7 Å². The molecule has 6 heteroatoms. The van der Waals surface area contributed by atoms with Crippen LogP contribution in [0.25, 0.3) is 0 Å². The first-order valence-electron chi connectivity index (χ1n) is 4.47. The Hall–Kier alpha value is -1.95. The largest absolute Gasteiger partial charge is 0.486 e. The molecule has 5 nitrogen and oxygen atoms in total. The fourth-order valence-corrected chi connectivity index (χ4v) is 1.66. The van der Waals surface area contributed by atoms with Crippen molar-refractivity contribution in [2.45, 2.75) is 6.61 Å². The molecule has 0 unspecified atom stereocenters. The third-order valence-corrected chi connectivity index (χ3v) is 2.61. The average molecular weight is 236 g/mol. The number of ether oxygens (including phenoxy) is 1. The molecular weight excluding hydrogens is 228 g/mol. The highest BCUT2D eigenvalue weighted by Crippen LogP contribution is 2.13. The summed E-state index contributed by atoms with van der Waals surface area (Å²) in [6, 6.07) is 5.04. The minimum atomic E-state index is -0.967. The smallest absolute Gasteiger partial charge is 0.347 e. The first kappa shape index (κ1) is 10.6. The van der Waals surface area contributed by atoms with E-state index in [1.807, 2.05) is 0 Å². The number of nitrogens with zero attached hydrogens (tertiary/aromatic N) is 2. The molecule has 0 bridgehead atoms. The molecule has 0 spiro atoms. The molecule has 0 aliphatic rings. The van der Waals surface area contributed by atoms with Gasteiger partial charge in [-0.2, -0.15) is 4.37 Å². The lowest BCUT2D eigenvalue weighted by Gasteiger charge is -2.01. The van der Waals surface area contributed by atoms with Crippen LogP contribution in [0.5, 0.6) is 5.75 Å². The zero-order chi connectivity index (χ0) is 11.4. The van der Waals surface area contributed by atoms with E-state index in [0.29, 0.717) is 11.4 Å². The zero-order valence-electron chi connectivity index (χ0n) is 8.16. The molecule has 0 saturated carbocycles. The van der Waals surface area contributed by atoms with Crippen molar-refractivity contribution in [3.05, 3.63) is 41.2 Å². The van der Waals surface area contributed by atoms with Crippen molar-refractivity contribution in [1.82, 2.24) is 9.36 Å². The Bertz CT molecular complexity index is 484.